The average Bonchev–Trinajstić information content (AvgIpc) is 1.56. The molecule has 6 aromatic heterocycles. The number of hydrogen-bond acceptors (Lipinski definition) is 6. The molecule has 0 atom stereocenters. The van der Waals surface area contributed by atoms with Gasteiger partial charge in [-0.15, -0.1) is 0 Å². The molecular formula is C118H76N8. The predicted molar refractivity (Wildman–Crippen MR) is 524 cm³/mol. The third-order valence-corrected chi connectivity index (χ3v) is 24.5. The Balaban J connectivity index is 0.000000145. The second kappa shape index (κ2) is 31.9. The van der Waals surface area contributed by atoms with Crippen molar-refractivity contribution in [1.82, 2.24) is 39.0 Å². The lowest BCUT2D eigenvalue weighted by atomic mass is 9.93. The van der Waals surface area contributed by atoms with Crippen LogP contribution >= 0.6 is 0 Å². The van der Waals surface area contributed by atoms with Gasteiger partial charge >= 0.3 is 0 Å². The van der Waals surface area contributed by atoms with E-state index in [4.69, 9.17) is 29.9 Å². The summed E-state index contributed by atoms with van der Waals surface area (Å²) in [6.07, 6.45) is 0. The van der Waals surface area contributed by atoms with Gasteiger partial charge in [0.1, 0.15) is 0 Å². The van der Waals surface area contributed by atoms with E-state index < -0.39 is 0 Å². The number of rotatable bonds is 14. The number of hydrogen-bond donors (Lipinski definition) is 0. The third kappa shape index (κ3) is 13.5. The van der Waals surface area contributed by atoms with Crippen LogP contribution in [0.4, 0.5) is 0 Å². The highest BCUT2D eigenvalue weighted by atomic mass is 15.0. The van der Waals surface area contributed by atoms with Crippen LogP contribution in [0.2, 0.25) is 0 Å². The Kier molecular flexibility index (Phi) is 18.8. The molecule has 0 aliphatic heterocycles. The van der Waals surface area contributed by atoms with E-state index in [9.17, 15) is 0 Å². The molecule has 24 aromatic rings. The maximum atomic E-state index is 5.27. The summed E-state index contributed by atoms with van der Waals surface area (Å²) in [6, 6.07) is 163. The van der Waals surface area contributed by atoms with Crippen LogP contribution < -0.4 is 0 Å². The van der Waals surface area contributed by atoms with E-state index in [-0.39, 0.29) is 0 Å². The monoisotopic (exact) mass is 1600 g/mol. The highest BCUT2D eigenvalue weighted by Crippen LogP contribution is 2.47. The number of pyridine rings is 2. The summed E-state index contributed by atoms with van der Waals surface area (Å²) < 4.78 is 4.83. The van der Waals surface area contributed by atoms with Crippen LogP contribution in [0.3, 0.4) is 0 Å². The SMILES string of the molecule is c1ccc(-c2ccc(-c3cc(-c4ccc(-c5ccc(-n6c7ccccc7c7c(-c8ccccc8)nc8ccccc8c76)cc5)c5ccccc45)nc(-c4ccccc4)n3)cc2)cc1.c1ccc(-c2ccc(-c3cc(-c4ccccc4)nc(-c4ccc(-c5ccc(-n6c7ccccc7c7c(-c8ccccc8)nc8ccccc8c76)cc5)c5ccccc45)n3)cc2)cc1. The van der Waals surface area contributed by atoms with Crippen LogP contribution in [0.25, 0.3) is 233 Å². The molecule has 0 spiro atoms. The van der Waals surface area contributed by atoms with E-state index in [2.05, 4.69) is 434 Å². The molecule has 0 radical (unpaired) electrons. The standard InChI is InChI=1S/2C59H38N4/c1-4-16-39(17-5-1)40-28-30-42(31-29-40)53-38-54(62-59(61-53)44-20-8-3-9-21-44)49-37-36-46(47-22-10-11-23-48(47)49)41-32-34-45(35-33-41)63-55-27-15-13-25-51(55)56-57(43-18-6-2-7-19-43)60-52-26-14-12-24-50(52)58(56)63;1-4-16-39(17-5-1)40-28-30-43(31-29-40)54-38-53(42-18-6-2-7-19-42)61-59(62-54)49-37-36-46(47-22-10-11-23-48(47)49)41-32-34-45(35-33-41)63-55-27-15-13-25-51(55)56-57(44-20-8-3-9-21-44)60-52-26-14-12-24-50(52)58(56)63/h2*1-38H. The molecule has 8 nitrogen and oxygen atoms in total. The van der Waals surface area contributed by atoms with Gasteiger partial charge in [0.15, 0.2) is 11.6 Å². The normalized spacial score (nSPS) is 11.5. The molecule has 0 bridgehead atoms. The van der Waals surface area contributed by atoms with E-state index in [1.807, 2.05) is 36.4 Å². The molecule has 0 aliphatic carbocycles. The van der Waals surface area contributed by atoms with Gasteiger partial charge in [0.2, 0.25) is 0 Å². The number of fused-ring (bicyclic) bond motifs is 12. The van der Waals surface area contributed by atoms with Gasteiger partial charge in [-0.1, -0.05) is 394 Å². The Morgan fingerprint density at radius 2 is 0.429 bits per heavy atom. The molecule has 0 amide bonds. The number of nitrogens with zero attached hydrogens (tertiary/aromatic N) is 8. The van der Waals surface area contributed by atoms with Crippen LogP contribution in [-0.2, 0) is 0 Å². The Bertz CT molecular complexity index is 7760. The van der Waals surface area contributed by atoms with Crippen molar-refractivity contribution in [2.45, 2.75) is 0 Å². The van der Waals surface area contributed by atoms with Gasteiger partial charge in [-0.05, 0) is 133 Å². The van der Waals surface area contributed by atoms with Crippen LogP contribution in [-0.4, -0.2) is 39.0 Å². The largest absolute Gasteiger partial charge is 0.308 e. The van der Waals surface area contributed by atoms with Gasteiger partial charge in [0, 0.05) is 88.2 Å². The summed E-state index contributed by atoms with van der Waals surface area (Å²) in [5, 5.41) is 11.5. The van der Waals surface area contributed by atoms with E-state index in [0.29, 0.717) is 11.6 Å². The topological polar surface area (TPSA) is 87.2 Å². The van der Waals surface area contributed by atoms with Crippen molar-refractivity contribution in [3.05, 3.63) is 461 Å². The van der Waals surface area contributed by atoms with Crippen molar-refractivity contribution in [2.24, 2.45) is 0 Å². The lowest BCUT2D eigenvalue weighted by molar-refractivity contribution is 1.18. The fourth-order valence-corrected chi connectivity index (χ4v) is 18.5. The maximum Gasteiger partial charge on any atom is 0.161 e. The minimum atomic E-state index is 0.694. The van der Waals surface area contributed by atoms with Crippen molar-refractivity contribution in [3.8, 4) is 146 Å². The molecule has 588 valence electrons. The Hall–Kier alpha value is -16.9. The minimum Gasteiger partial charge on any atom is -0.308 e. The highest BCUT2D eigenvalue weighted by molar-refractivity contribution is 6.24. The third-order valence-electron chi connectivity index (χ3n) is 24.5. The Labute approximate surface area is 728 Å². The van der Waals surface area contributed by atoms with Crippen molar-refractivity contribution >= 4 is 87.0 Å². The van der Waals surface area contributed by atoms with E-state index in [0.717, 1.165) is 188 Å². The summed E-state index contributed by atoms with van der Waals surface area (Å²) >= 11 is 0. The van der Waals surface area contributed by atoms with Gasteiger partial charge in [-0.2, -0.15) is 0 Å². The zero-order valence-electron chi connectivity index (χ0n) is 68.5. The second-order valence-corrected chi connectivity index (χ2v) is 31.9. The number of benzene rings is 18. The van der Waals surface area contributed by atoms with Crippen molar-refractivity contribution < 1.29 is 0 Å². The number of para-hydroxylation sites is 4. The smallest absolute Gasteiger partial charge is 0.161 e. The first-order valence-corrected chi connectivity index (χ1v) is 42.7. The molecule has 0 fully saturated rings. The molecule has 0 aliphatic rings. The highest BCUT2D eigenvalue weighted by Gasteiger charge is 2.25. The molecule has 6 heterocycles. The number of aromatic nitrogens is 8. The Morgan fingerprint density at radius 3 is 0.849 bits per heavy atom. The molecule has 18 aromatic carbocycles. The second-order valence-electron chi connectivity index (χ2n) is 31.9. The molecule has 0 N–H and O–H groups in total. The first-order valence-electron chi connectivity index (χ1n) is 42.7. The van der Waals surface area contributed by atoms with Crippen LogP contribution in [0, 0.1) is 0 Å². The zero-order valence-corrected chi connectivity index (χ0v) is 68.5. The lowest BCUT2D eigenvalue weighted by Gasteiger charge is -2.15. The van der Waals surface area contributed by atoms with Gasteiger partial charge in [0.25, 0.3) is 0 Å². The quantitative estimate of drug-likeness (QED) is 0.108. The summed E-state index contributed by atoms with van der Waals surface area (Å²) in [5.41, 5.74) is 32.0. The van der Waals surface area contributed by atoms with Gasteiger partial charge in [-0.25, -0.2) is 29.9 Å². The lowest BCUT2D eigenvalue weighted by Crippen LogP contribution is -1.97. The first kappa shape index (κ1) is 74.1. The van der Waals surface area contributed by atoms with E-state index in [1.165, 1.54) is 33.0 Å². The van der Waals surface area contributed by atoms with E-state index in [1.54, 1.807) is 0 Å². The van der Waals surface area contributed by atoms with Crippen molar-refractivity contribution in [3.63, 3.8) is 0 Å². The summed E-state index contributed by atoms with van der Waals surface area (Å²) in [6.45, 7) is 0. The summed E-state index contributed by atoms with van der Waals surface area (Å²) in [7, 11) is 0. The fourth-order valence-electron chi connectivity index (χ4n) is 18.5. The molecule has 0 unspecified atom stereocenters. The van der Waals surface area contributed by atoms with Gasteiger partial charge < -0.3 is 9.13 Å². The molecule has 0 saturated heterocycles. The molecule has 126 heavy (non-hydrogen) atoms. The molecule has 0 saturated carbocycles. The predicted octanol–water partition coefficient (Wildman–Crippen LogP) is 30.6. The van der Waals surface area contributed by atoms with Gasteiger partial charge in [0.05, 0.1) is 67.3 Å². The first-order chi connectivity index (χ1) is 62.5. The molecular weight excluding hydrogens is 1530 g/mol. The fraction of sp³-hybridized carbons (Fsp3) is 0. The van der Waals surface area contributed by atoms with Crippen molar-refractivity contribution in [2.75, 3.05) is 0 Å². The zero-order chi connectivity index (χ0) is 83.4. The van der Waals surface area contributed by atoms with Gasteiger partial charge in [-0.3, -0.25) is 0 Å². The van der Waals surface area contributed by atoms with Crippen LogP contribution in [0.15, 0.2) is 461 Å². The van der Waals surface area contributed by atoms with Crippen LogP contribution in [0.1, 0.15) is 0 Å². The van der Waals surface area contributed by atoms with E-state index >= 15 is 0 Å². The molecule has 8 heteroatoms. The van der Waals surface area contributed by atoms with Crippen LogP contribution in [0.5, 0.6) is 0 Å². The van der Waals surface area contributed by atoms with Crippen molar-refractivity contribution in [1.29, 1.82) is 0 Å². The minimum absolute atomic E-state index is 0.694. The summed E-state index contributed by atoms with van der Waals surface area (Å²) in [5.74, 6) is 1.39. The Morgan fingerprint density at radius 1 is 0.159 bits per heavy atom. The average molecular weight is 1610 g/mol. The summed E-state index contributed by atoms with van der Waals surface area (Å²) in [4.78, 5) is 31.4. The maximum absolute atomic E-state index is 5.27. The molecule has 24 rings (SSSR count).